The first-order chi connectivity index (χ1) is 8.74. The number of piperidine rings is 2. The highest BCUT2D eigenvalue weighted by molar-refractivity contribution is 5.74. The lowest BCUT2D eigenvalue weighted by Gasteiger charge is -2.30. The Labute approximate surface area is 110 Å². The molecule has 2 aliphatic heterocycles. The smallest absolute Gasteiger partial charge is 0.315 e. The van der Waals surface area contributed by atoms with Crippen molar-refractivity contribution in [3.8, 4) is 0 Å². The van der Waals surface area contributed by atoms with Crippen LogP contribution in [0.5, 0.6) is 0 Å². The zero-order valence-corrected chi connectivity index (χ0v) is 11.4. The van der Waals surface area contributed by atoms with Crippen molar-refractivity contribution < 1.29 is 4.79 Å². The van der Waals surface area contributed by atoms with Gasteiger partial charge >= 0.3 is 6.03 Å². The minimum Gasteiger partial charge on any atom is -0.338 e. The van der Waals surface area contributed by atoms with Gasteiger partial charge in [0.1, 0.15) is 0 Å². The predicted molar refractivity (Wildman–Crippen MR) is 72.6 cm³/mol. The number of hydrogen-bond donors (Lipinski definition) is 3. The van der Waals surface area contributed by atoms with Crippen LogP contribution < -0.4 is 16.0 Å². The van der Waals surface area contributed by atoms with Crippen molar-refractivity contribution in [2.24, 2.45) is 5.92 Å². The molecule has 0 saturated carbocycles. The number of carbonyl (C=O) groups excluding carboxylic acids is 1. The van der Waals surface area contributed by atoms with Gasteiger partial charge in [0.2, 0.25) is 0 Å². The summed E-state index contributed by atoms with van der Waals surface area (Å²) >= 11 is 0. The highest BCUT2D eigenvalue weighted by Crippen LogP contribution is 2.09. The van der Waals surface area contributed by atoms with Gasteiger partial charge in [0, 0.05) is 19.1 Å². The Morgan fingerprint density at radius 1 is 1.39 bits per heavy atom. The second kappa shape index (κ2) is 6.95. The Kier molecular flexibility index (Phi) is 5.26. The van der Waals surface area contributed by atoms with Crippen LogP contribution in [0.2, 0.25) is 0 Å². The summed E-state index contributed by atoms with van der Waals surface area (Å²) in [4.78, 5) is 14.1. The SMILES string of the molecule is CN1CCCC(NC(=O)NCC2CCCNC2)C1. The van der Waals surface area contributed by atoms with Crippen LogP contribution in [0.1, 0.15) is 25.7 Å². The highest BCUT2D eigenvalue weighted by atomic mass is 16.2. The Morgan fingerprint density at radius 3 is 3.00 bits per heavy atom. The Hall–Kier alpha value is -0.810. The lowest BCUT2D eigenvalue weighted by atomic mass is 10.00. The second-order valence-electron chi connectivity index (χ2n) is 5.67. The van der Waals surface area contributed by atoms with E-state index in [1.54, 1.807) is 0 Å². The van der Waals surface area contributed by atoms with Crippen LogP contribution >= 0.6 is 0 Å². The van der Waals surface area contributed by atoms with E-state index in [2.05, 4.69) is 27.9 Å². The third-order valence-electron chi connectivity index (χ3n) is 3.91. The molecule has 0 spiro atoms. The number of likely N-dealkylation sites (N-methyl/N-ethyl adjacent to an activating group) is 1. The van der Waals surface area contributed by atoms with Gasteiger partial charge in [0.05, 0.1) is 0 Å². The van der Waals surface area contributed by atoms with Crippen LogP contribution in [0.15, 0.2) is 0 Å². The third kappa shape index (κ3) is 4.46. The van der Waals surface area contributed by atoms with Gasteiger partial charge in [0.25, 0.3) is 0 Å². The topological polar surface area (TPSA) is 56.4 Å². The van der Waals surface area contributed by atoms with Crippen LogP contribution in [0.3, 0.4) is 0 Å². The lowest BCUT2D eigenvalue weighted by Crippen LogP contribution is -2.50. The summed E-state index contributed by atoms with van der Waals surface area (Å²) in [6.45, 7) is 5.07. The summed E-state index contributed by atoms with van der Waals surface area (Å²) in [6.07, 6.45) is 4.72. The molecule has 0 radical (unpaired) electrons. The fourth-order valence-corrected chi connectivity index (χ4v) is 2.86. The summed E-state index contributed by atoms with van der Waals surface area (Å²) in [6, 6.07) is 0.314. The first-order valence-electron chi connectivity index (χ1n) is 7.17. The molecule has 5 heteroatoms. The standard InChI is InChI=1S/C13H26N4O/c1-17-7-3-5-12(10-17)16-13(18)15-9-11-4-2-6-14-8-11/h11-12,14H,2-10H2,1H3,(H2,15,16,18). The van der Waals surface area contributed by atoms with Crippen LogP contribution in [-0.2, 0) is 0 Å². The van der Waals surface area contributed by atoms with Gasteiger partial charge in [-0.2, -0.15) is 0 Å². The summed E-state index contributed by atoms with van der Waals surface area (Å²) in [5.74, 6) is 0.596. The molecule has 2 unspecified atom stereocenters. The zero-order chi connectivity index (χ0) is 12.8. The molecule has 5 nitrogen and oxygen atoms in total. The van der Waals surface area contributed by atoms with E-state index in [0.717, 1.165) is 39.1 Å². The maximum absolute atomic E-state index is 11.8. The molecule has 18 heavy (non-hydrogen) atoms. The van der Waals surface area contributed by atoms with Crippen molar-refractivity contribution in [1.29, 1.82) is 0 Å². The van der Waals surface area contributed by atoms with Gasteiger partial charge in [-0.3, -0.25) is 0 Å². The molecule has 2 saturated heterocycles. The first-order valence-corrected chi connectivity index (χ1v) is 7.17. The summed E-state index contributed by atoms with van der Waals surface area (Å²) in [7, 11) is 2.11. The Bertz CT molecular complexity index is 266. The molecule has 0 aromatic rings. The van der Waals surface area contributed by atoms with Gasteiger partial charge in [0.15, 0.2) is 0 Å². The van der Waals surface area contributed by atoms with Crippen LogP contribution in [0.4, 0.5) is 4.79 Å². The molecule has 0 bridgehead atoms. The number of likely N-dealkylation sites (tertiary alicyclic amines) is 1. The fraction of sp³-hybridized carbons (Fsp3) is 0.923. The average Bonchev–Trinajstić information content (AvgIpc) is 2.38. The molecule has 2 heterocycles. The van der Waals surface area contributed by atoms with Gasteiger partial charge in [-0.15, -0.1) is 0 Å². The maximum Gasteiger partial charge on any atom is 0.315 e. The summed E-state index contributed by atoms with van der Waals surface area (Å²) in [5, 5.41) is 9.45. The van der Waals surface area contributed by atoms with Crippen molar-refractivity contribution in [2.45, 2.75) is 31.7 Å². The molecule has 2 atom stereocenters. The van der Waals surface area contributed by atoms with Gasteiger partial charge in [-0.1, -0.05) is 0 Å². The van der Waals surface area contributed by atoms with Gasteiger partial charge in [-0.25, -0.2) is 4.79 Å². The number of carbonyl (C=O) groups is 1. The maximum atomic E-state index is 11.8. The largest absolute Gasteiger partial charge is 0.338 e. The number of hydrogen-bond acceptors (Lipinski definition) is 3. The molecular weight excluding hydrogens is 228 g/mol. The van der Waals surface area contributed by atoms with Crippen molar-refractivity contribution in [3.05, 3.63) is 0 Å². The Morgan fingerprint density at radius 2 is 2.28 bits per heavy atom. The van der Waals surface area contributed by atoms with E-state index in [9.17, 15) is 4.79 Å². The van der Waals surface area contributed by atoms with E-state index in [-0.39, 0.29) is 6.03 Å². The monoisotopic (exact) mass is 254 g/mol. The van der Waals surface area contributed by atoms with E-state index in [4.69, 9.17) is 0 Å². The number of amides is 2. The van der Waals surface area contributed by atoms with E-state index in [1.807, 2.05) is 0 Å². The summed E-state index contributed by atoms with van der Waals surface area (Å²) < 4.78 is 0. The molecule has 2 aliphatic rings. The number of urea groups is 1. The van der Waals surface area contributed by atoms with E-state index in [0.29, 0.717) is 12.0 Å². The van der Waals surface area contributed by atoms with E-state index < -0.39 is 0 Å². The Balaban J connectivity index is 1.62. The molecule has 104 valence electrons. The average molecular weight is 254 g/mol. The predicted octanol–water partition coefficient (Wildman–Crippen LogP) is 0.379. The molecule has 2 rings (SSSR count). The number of rotatable bonds is 3. The molecule has 3 N–H and O–H groups in total. The first kappa shape index (κ1) is 13.6. The third-order valence-corrected chi connectivity index (χ3v) is 3.91. The van der Waals surface area contributed by atoms with Gasteiger partial charge < -0.3 is 20.9 Å². The van der Waals surface area contributed by atoms with Crippen LogP contribution in [0, 0.1) is 5.92 Å². The van der Waals surface area contributed by atoms with E-state index >= 15 is 0 Å². The zero-order valence-electron chi connectivity index (χ0n) is 11.4. The van der Waals surface area contributed by atoms with Crippen molar-refractivity contribution in [2.75, 3.05) is 39.8 Å². The van der Waals surface area contributed by atoms with E-state index in [1.165, 1.54) is 19.3 Å². The fourth-order valence-electron chi connectivity index (χ4n) is 2.86. The quantitative estimate of drug-likeness (QED) is 0.682. The van der Waals surface area contributed by atoms with Crippen molar-refractivity contribution >= 4 is 6.03 Å². The minimum absolute atomic E-state index is 0.000809. The second-order valence-corrected chi connectivity index (χ2v) is 5.67. The molecule has 0 aromatic heterocycles. The normalized spacial score (nSPS) is 29.8. The minimum atomic E-state index is 0.000809. The molecule has 2 fully saturated rings. The number of nitrogens with zero attached hydrogens (tertiary/aromatic N) is 1. The molecule has 0 aliphatic carbocycles. The molecular formula is C13H26N4O. The van der Waals surface area contributed by atoms with Crippen LogP contribution in [-0.4, -0.2) is 56.7 Å². The summed E-state index contributed by atoms with van der Waals surface area (Å²) in [5.41, 5.74) is 0. The van der Waals surface area contributed by atoms with Crippen molar-refractivity contribution in [3.63, 3.8) is 0 Å². The molecule has 2 amide bonds. The number of nitrogens with one attached hydrogen (secondary N) is 3. The molecule has 0 aromatic carbocycles. The van der Waals surface area contributed by atoms with Crippen LogP contribution in [0.25, 0.3) is 0 Å². The highest BCUT2D eigenvalue weighted by Gasteiger charge is 2.19. The van der Waals surface area contributed by atoms with Crippen molar-refractivity contribution in [1.82, 2.24) is 20.9 Å². The lowest BCUT2D eigenvalue weighted by molar-refractivity contribution is 0.207. The van der Waals surface area contributed by atoms with Gasteiger partial charge in [-0.05, 0) is 58.3 Å².